The second-order valence-electron chi connectivity index (χ2n) is 5.92. The van der Waals surface area contributed by atoms with E-state index in [1.54, 1.807) is 10.9 Å². The predicted molar refractivity (Wildman–Crippen MR) is 81.9 cm³/mol. The van der Waals surface area contributed by atoms with Crippen molar-refractivity contribution in [1.82, 2.24) is 9.78 Å². The molecule has 1 fully saturated rings. The highest BCUT2D eigenvalue weighted by atomic mass is 19.4. The van der Waals surface area contributed by atoms with E-state index in [2.05, 4.69) is 9.84 Å². The molecule has 1 heterocycles. The van der Waals surface area contributed by atoms with Crippen LogP contribution in [0.5, 0.6) is 5.75 Å². The zero-order valence-corrected chi connectivity index (χ0v) is 12.9. The molecule has 0 amide bonds. The second kappa shape index (κ2) is 6.67. The Balaban J connectivity index is 1.95. The largest absolute Gasteiger partial charge is 0.573 e. The van der Waals surface area contributed by atoms with Crippen molar-refractivity contribution in [3.05, 3.63) is 36.2 Å². The number of rotatable bonds is 4. The minimum atomic E-state index is -4.79. The molecule has 1 aromatic carbocycles. The fourth-order valence-electron chi connectivity index (χ4n) is 3.08. The third-order valence-corrected chi connectivity index (χ3v) is 4.23. The van der Waals surface area contributed by atoms with E-state index >= 15 is 0 Å². The maximum absolute atomic E-state index is 12.6. The van der Waals surface area contributed by atoms with Gasteiger partial charge in [-0.25, -0.2) is 0 Å². The summed E-state index contributed by atoms with van der Waals surface area (Å²) in [5.74, 6) is -0.337. The summed E-state index contributed by atoms with van der Waals surface area (Å²) in [6, 6.07) is 4.11. The molecule has 0 unspecified atom stereocenters. The van der Waals surface area contributed by atoms with Gasteiger partial charge in [0.2, 0.25) is 0 Å². The van der Waals surface area contributed by atoms with Crippen molar-refractivity contribution in [2.24, 2.45) is 0 Å². The Morgan fingerprint density at radius 3 is 2.62 bits per heavy atom. The molecule has 0 atom stereocenters. The molecule has 7 heteroatoms. The number of nitrogens with zero attached hydrogens (tertiary/aromatic N) is 2. The number of ether oxygens (including phenoxy) is 1. The molecular weight excluding hydrogens is 321 g/mol. The van der Waals surface area contributed by atoms with Crippen molar-refractivity contribution in [3.63, 3.8) is 0 Å². The summed E-state index contributed by atoms with van der Waals surface area (Å²) in [5, 5.41) is 4.30. The van der Waals surface area contributed by atoms with E-state index in [4.69, 9.17) is 0 Å². The molecule has 24 heavy (non-hydrogen) atoms. The molecule has 0 spiro atoms. The Morgan fingerprint density at radius 2 is 1.96 bits per heavy atom. The van der Waals surface area contributed by atoms with Crippen LogP contribution in [0.15, 0.2) is 30.6 Å². The van der Waals surface area contributed by atoms with Gasteiger partial charge in [-0.15, -0.1) is 13.2 Å². The molecule has 0 bridgehead atoms. The number of aldehydes is 1. The smallest absolute Gasteiger partial charge is 0.405 e. The number of hydrogen-bond donors (Lipinski definition) is 0. The average Bonchev–Trinajstić information content (AvgIpc) is 3.04. The van der Waals surface area contributed by atoms with Crippen LogP contribution in [0.25, 0.3) is 11.1 Å². The molecule has 1 saturated carbocycles. The number of carbonyl (C=O) groups is 1. The monoisotopic (exact) mass is 338 g/mol. The van der Waals surface area contributed by atoms with Crippen LogP contribution in [0.1, 0.15) is 48.5 Å². The van der Waals surface area contributed by atoms with Gasteiger partial charge < -0.3 is 4.74 Å². The standard InChI is InChI=1S/C17H17F3N2O2/c18-17(19,20)24-16-7-6-12(11-23)8-15(16)13-9-21-22(10-13)14-4-2-1-3-5-14/h6-11,14H,1-5H2. The van der Waals surface area contributed by atoms with E-state index in [9.17, 15) is 18.0 Å². The SMILES string of the molecule is O=Cc1ccc(OC(F)(F)F)c(-c2cnn(C3CCCCC3)c2)c1. The lowest BCUT2D eigenvalue weighted by Crippen LogP contribution is -2.17. The van der Waals surface area contributed by atoms with Gasteiger partial charge >= 0.3 is 6.36 Å². The van der Waals surface area contributed by atoms with E-state index < -0.39 is 6.36 Å². The molecule has 1 aliphatic rings. The zero-order valence-electron chi connectivity index (χ0n) is 12.9. The zero-order chi connectivity index (χ0) is 17.2. The maximum Gasteiger partial charge on any atom is 0.573 e. The highest BCUT2D eigenvalue weighted by Gasteiger charge is 2.32. The fraction of sp³-hybridized carbons (Fsp3) is 0.412. The van der Waals surface area contributed by atoms with E-state index in [1.165, 1.54) is 24.8 Å². The van der Waals surface area contributed by atoms with Crippen LogP contribution >= 0.6 is 0 Å². The Morgan fingerprint density at radius 1 is 1.21 bits per heavy atom. The molecule has 0 radical (unpaired) electrons. The van der Waals surface area contributed by atoms with Crippen LogP contribution in [0, 0.1) is 0 Å². The van der Waals surface area contributed by atoms with Gasteiger partial charge in [-0.2, -0.15) is 5.10 Å². The van der Waals surface area contributed by atoms with Crippen molar-refractivity contribution in [3.8, 4) is 16.9 Å². The Bertz CT molecular complexity index is 719. The molecule has 1 aliphatic carbocycles. The normalized spacial score (nSPS) is 16.1. The van der Waals surface area contributed by atoms with Gasteiger partial charge in [0.25, 0.3) is 0 Å². The van der Waals surface area contributed by atoms with Crippen LogP contribution in [0.2, 0.25) is 0 Å². The van der Waals surface area contributed by atoms with Gasteiger partial charge in [0, 0.05) is 22.9 Å². The van der Waals surface area contributed by atoms with Crippen molar-refractivity contribution in [2.45, 2.75) is 44.5 Å². The molecular formula is C17H17F3N2O2. The van der Waals surface area contributed by atoms with E-state index in [-0.39, 0.29) is 22.9 Å². The van der Waals surface area contributed by atoms with Crippen LogP contribution < -0.4 is 4.74 Å². The van der Waals surface area contributed by atoms with Crippen molar-refractivity contribution < 1.29 is 22.7 Å². The number of halogens is 3. The van der Waals surface area contributed by atoms with Gasteiger partial charge in [-0.3, -0.25) is 9.48 Å². The Hall–Kier alpha value is -2.31. The number of carbonyl (C=O) groups excluding carboxylic acids is 1. The summed E-state index contributed by atoms with van der Waals surface area (Å²) < 4.78 is 43.7. The third-order valence-electron chi connectivity index (χ3n) is 4.23. The van der Waals surface area contributed by atoms with Gasteiger partial charge in [-0.1, -0.05) is 19.3 Å². The van der Waals surface area contributed by atoms with Crippen LogP contribution in [0.4, 0.5) is 13.2 Å². The third kappa shape index (κ3) is 3.77. The minimum absolute atomic E-state index is 0.207. The minimum Gasteiger partial charge on any atom is -0.405 e. The molecule has 2 aromatic rings. The molecule has 0 aliphatic heterocycles. The summed E-state index contributed by atoms with van der Waals surface area (Å²) in [6.07, 6.45) is 4.53. The summed E-state index contributed by atoms with van der Waals surface area (Å²) in [5.41, 5.74) is 0.993. The van der Waals surface area contributed by atoms with Crippen molar-refractivity contribution >= 4 is 6.29 Å². The van der Waals surface area contributed by atoms with E-state index in [0.29, 0.717) is 11.8 Å². The first kappa shape index (κ1) is 16.5. The lowest BCUT2D eigenvalue weighted by Gasteiger charge is -2.21. The van der Waals surface area contributed by atoms with Crippen molar-refractivity contribution in [2.75, 3.05) is 0 Å². The Kier molecular flexibility index (Phi) is 4.59. The van der Waals surface area contributed by atoms with Gasteiger partial charge in [0.15, 0.2) is 0 Å². The van der Waals surface area contributed by atoms with E-state index in [0.717, 1.165) is 31.7 Å². The summed E-state index contributed by atoms with van der Waals surface area (Å²) >= 11 is 0. The summed E-state index contributed by atoms with van der Waals surface area (Å²) in [4.78, 5) is 11.0. The molecule has 1 aromatic heterocycles. The molecule has 4 nitrogen and oxygen atoms in total. The first-order chi connectivity index (χ1) is 11.5. The maximum atomic E-state index is 12.6. The van der Waals surface area contributed by atoms with E-state index in [1.807, 2.05) is 0 Å². The number of aromatic nitrogens is 2. The quantitative estimate of drug-likeness (QED) is 0.755. The Labute approximate surface area is 137 Å². The second-order valence-corrected chi connectivity index (χ2v) is 5.92. The lowest BCUT2D eigenvalue weighted by molar-refractivity contribution is -0.274. The fourth-order valence-corrected chi connectivity index (χ4v) is 3.08. The van der Waals surface area contributed by atoms with Crippen LogP contribution in [-0.2, 0) is 0 Å². The van der Waals surface area contributed by atoms with Crippen LogP contribution in [-0.4, -0.2) is 22.4 Å². The first-order valence-corrected chi connectivity index (χ1v) is 7.86. The van der Waals surface area contributed by atoms with Crippen molar-refractivity contribution in [1.29, 1.82) is 0 Å². The van der Waals surface area contributed by atoms with Gasteiger partial charge in [0.05, 0.1) is 12.2 Å². The topological polar surface area (TPSA) is 44.1 Å². The lowest BCUT2D eigenvalue weighted by atomic mass is 9.96. The highest BCUT2D eigenvalue weighted by Crippen LogP contribution is 2.35. The van der Waals surface area contributed by atoms with Gasteiger partial charge in [-0.05, 0) is 31.0 Å². The summed E-state index contributed by atoms with van der Waals surface area (Å²) in [6.45, 7) is 0. The summed E-state index contributed by atoms with van der Waals surface area (Å²) in [7, 11) is 0. The first-order valence-electron chi connectivity index (χ1n) is 7.86. The molecule has 128 valence electrons. The number of benzene rings is 1. The highest BCUT2D eigenvalue weighted by molar-refractivity contribution is 5.81. The average molecular weight is 338 g/mol. The number of hydrogen-bond acceptors (Lipinski definition) is 3. The molecule has 0 saturated heterocycles. The molecule has 3 rings (SSSR count). The predicted octanol–water partition coefficient (Wildman–Crippen LogP) is 4.77. The number of alkyl halides is 3. The van der Waals surface area contributed by atoms with Crippen LogP contribution in [0.3, 0.4) is 0 Å². The van der Waals surface area contributed by atoms with Gasteiger partial charge in [0.1, 0.15) is 12.0 Å². The molecule has 0 N–H and O–H groups in total.